The van der Waals surface area contributed by atoms with E-state index >= 15 is 0 Å². The molecule has 0 amide bonds. The van der Waals surface area contributed by atoms with Gasteiger partial charge in [0.1, 0.15) is 13.2 Å². The quantitative estimate of drug-likeness (QED) is 0.519. The Balaban J connectivity index is 1.80. The van der Waals surface area contributed by atoms with Crippen molar-refractivity contribution < 1.29 is 9.47 Å². The number of rotatable bonds is 7. The molecule has 0 spiro atoms. The maximum Gasteiger partial charge on any atom is 0.161 e. The Labute approximate surface area is 122 Å². The largest absolute Gasteiger partial charge is 0.485 e. The minimum absolute atomic E-state index is 0.559. The minimum Gasteiger partial charge on any atom is -0.485 e. The summed E-state index contributed by atoms with van der Waals surface area (Å²) in [6.45, 7) is 7.29. The zero-order chi connectivity index (χ0) is 14.2. The summed E-state index contributed by atoms with van der Waals surface area (Å²) in [5.41, 5.74) is 2.33. The highest BCUT2D eigenvalue weighted by atomic mass is 16.5. The van der Waals surface area contributed by atoms with Crippen LogP contribution in [0.1, 0.15) is 51.0 Å². The molecule has 0 saturated carbocycles. The summed E-state index contributed by atoms with van der Waals surface area (Å²) in [6, 6.07) is 6.31. The number of aryl methyl sites for hydroxylation is 1. The summed E-state index contributed by atoms with van der Waals surface area (Å²) in [7, 11) is 0. The smallest absolute Gasteiger partial charge is 0.161 e. The molecule has 0 radical (unpaired) electrons. The zero-order valence-electron chi connectivity index (χ0n) is 12.6. The van der Waals surface area contributed by atoms with Gasteiger partial charge in [0.2, 0.25) is 0 Å². The van der Waals surface area contributed by atoms with E-state index in [1.54, 1.807) is 0 Å². The number of unbranched alkanes of at least 4 members (excludes halogenated alkanes) is 5. The third-order valence-electron chi connectivity index (χ3n) is 3.69. The number of benzene rings is 1. The van der Waals surface area contributed by atoms with Gasteiger partial charge in [-0.1, -0.05) is 51.7 Å². The van der Waals surface area contributed by atoms with Gasteiger partial charge in [-0.3, -0.25) is 0 Å². The van der Waals surface area contributed by atoms with Gasteiger partial charge in [-0.15, -0.1) is 0 Å². The molecule has 0 saturated heterocycles. The predicted molar refractivity (Wildman–Crippen MR) is 83.7 cm³/mol. The highest BCUT2D eigenvalue weighted by molar-refractivity contribution is 5.44. The van der Waals surface area contributed by atoms with Crippen molar-refractivity contribution >= 4 is 0 Å². The van der Waals surface area contributed by atoms with E-state index in [4.69, 9.17) is 9.47 Å². The molecule has 2 heteroatoms. The molecule has 0 fully saturated rings. The first-order chi connectivity index (χ1) is 9.79. The van der Waals surface area contributed by atoms with E-state index in [1.807, 2.05) is 6.07 Å². The second-order valence-electron chi connectivity index (χ2n) is 5.63. The Hall–Kier alpha value is -1.44. The zero-order valence-corrected chi connectivity index (χ0v) is 12.6. The molecule has 110 valence electrons. The van der Waals surface area contributed by atoms with Crippen molar-refractivity contribution in [3.63, 3.8) is 0 Å². The fraction of sp³-hybridized carbons (Fsp3) is 0.556. The lowest BCUT2D eigenvalue weighted by Crippen LogP contribution is -2.02. The molecule has 0 N–H and O–H groups in total. The van der Waals surface area contributed by atoms with Crippen molar-refractivity contribution in [2.45, 2.75) is 51.9 Å². The summed E-state index contributed by atoms with van der Waals surface area (Å²) in [4.78, 5) is 0. The lowest BCUT2D eigenvalue weighted by molar-refractivity contribution is 0.354. The van der Waals surface area contributed by atoms with Crippen LogP contribution in [0.25, 0.3) is 0 Å². The van der Waals surface area contributed by atoms with E-state index in [0.717, 1.165) is 23.5 Å². The van der Waals surface area contributed by atoms with E-state index in [0.29, 0.717) is 13.2 Å². The van der Waals surface area contributed by atoms with Crippen LogP contribution in [-0.4, -0.2) is 13.2 Å². The molecule has 0 aromatic heterocycles. The Morgan fingerprint density at radius 1 is 0.950 bits per heavy atom. The average Bonchev–Trinajstić information content (AvgIpc) is 2.65. The van der Waals surface area contributed by atoms with Gasteiger partial charge in [-0.05, 0) is 36.1 Å². The molecule has 0 aliphatic carbocycles. The van der Waals surface area contributed by atoms with Crippen LogP contribution in [-0.2, 0) is 6.42 Å². The molecular weight excluding hydrogens is 248 g/mol. The van der Waals surface area contributed by atoms with E-state index in [2.05, 4.69) is 25.6 Å². The molecule has 20 heavy (non-hydrogen) atoms. The van der Waals surface area contributed by atoms with E-state index in [1.165, 1.54) is 44.1 Å². The first kappa shape index (κ1) is 15.0. The Kier molecular flexibility index (Phi) is 5.97. The molecule has 2 rings (SSSR count). The number of ether oxygens (including phenoxy) is 2. The number of hydrogen-bond donors (Lipinski definition) is 0. The second kappa shape index (κ2) is 7.98. The van der Waals surface area contributed by atoms with Crippen LogP contribution >= 0.6 is 0 Å². The maximum absolute atomic E-state index is 5.74. The van der Waals surface area contributed by atoms with Gasteiger partial charge in [-0.25, -0.2) is 0 Å². The Bertz CT molecular complexity index is 437. The van der Waals surface area contributed by atoms with Gasteiger partial charge < -0.3 is 9.47 Å². The average molecular weight is 274 g/mol. The second-order valence-corrected chi connectivity index (χ2v) is 5.63. The first-order valence-corrected chi connectivity index (χ1v) is 7.84. The molecule has 1 aliphatic rings. The van der Waals surface area contributed by atoms with Crippen LogP contribution < -0.4 is 9.47 Å². The van der Waals surface area contributed by atoms with E-state index in [-0.39, 0.29) is 0 Å². The fourth-order valence-electron chi connectivity index (χ4n) is 2.45. The highest BCUT2D eigenvalue weighted by Gasteiger charge is 2.12. The number of hydrogen-bond acceptors (Lipinski definition) is 2. The van der Waals surface area contributed by atoms with Crippen LogP contribution in [0.5, 0.6) is 11.5 Å². The Morgan fingerprint density at radius 3 is 2.45 bits per heavy atom. The topological polar surface area (TPSA) is 18.5 Å². The monoisotopic (exact) mass is 274 g/mol. The van der Waals surface area contributed by atoms with Crippen LogP contribution in [0.4, 0.5) is 0 Å². The maximum atomic E-state index is 5.74. The van der Waals surface area contributed by atoms with Gasteiger partial charge in [0.05, 0.1) is 0 Å². The van der Waals surface area contributed by atoms with Crippen LogP contribution in [0.15, 0.2) is 30.4 Å². The molecule has 1 heterocycles. The molecule has 1 aromatic rings. The summed E-state index contributed by atoms with van der Waals surface area (Å²) < 4.78 is 11.4. The molecule has 0 bridgehead atoms. The van der Waals surface area contributed by atoms with Crippen LogP contribution in [0, 0.1) is 0 Å². The summed E-state index contributed by atoms with van der Waals surface area (Å²) in [6.07, 6.45) is 9.13. The number of fused-ring (bicyclic) bond motifs is 1. The fourth-order valence-corrected chi connectivity index (χ4v) is 2.45. The lowest BCUT2D eigenvalue weighted by atomic mass is 10.0. The molecule has 1 aliphatic heterocycles. The highest BCUT2D eigenvalue weighted by Crippen LogP contribution is 2.31. The standard InChI is InChI=1S/C18H26O2/c1-3-4-5-6-7-8-9-16-10-11-17-18(12-16)20-14-15(2)13-19-17/h10-12H,2-9,13-14H2,1H3. The van der Waals surface area contributed by atoms with E-state index in [9.17, 15) is 0 Å². The van der Waals surface area contributed by atoms with Crippen molar-refractivity contribution in [3.05, 3.63) is 35.9 Å². The van der Waals surface area contributed by atoms with Gasteiger partial charge >= 0.3 is 0 Å². The molecule has 0 unspecified atom stereocenters. The van der Waals surface area contributed by atoms with Crippen LogP contribution in [0.3, 0.4) is 0 Å². The molecule has 0 atom stereocenters. The molecular formula is C18H26O2. The van der Waals surface area contributed by atoms with Gasteiger partial charge in [0.15, 0.2) is 11.5 Å². The van der Waals surface area contributed by atoms with Crippen molar-refractivity contribution in [1.82, 2.24) is 0 Å². The normalized spacial score (nSPS) is 14.2. The van der Waals surface area contributed by atoms with Gasteiger partial charge in [0, 0.05) is 0 Å². The molecule has 2 nitrogen and oxygen atoms in total. The van der Waals surface area contributed by atoms with Gasteiger partial charge in [-0.2, -0.15) is 0 Å². The van der Waals surface area contributed by atoms with Crippen LogP contribution in [0.2, 0.25) is 0 Å². The van der Waals surface area contributed by atoms with Crippen molar-refractivity contribution in [3.8, 4) is 11.5 Å². The summed E-state index contributed by atoms with van der Waals surface area (Å²) in [5, 5.41) is 0. The molecule has 1 aromatic carbocycles. The van der Waals surface area contributed by atoms with Crippen molar-refractivity contribution in [2.24, 2.45) is 0 Å². The van der Waals surface area contributed by atoms with Crippen molar-refractivity contribution in [2.75, 3.05) is 13.2 Å². The third-order valence-corrected chi connectivity index (χ3v) is 3.69. The van der Waals surface area contributed by atoms with E-state index < -0.39 is 0 Å². The Morgan fingerprint density at radius 2 is 1.65 bits per heavy atom. The van der Waals surface area contributed by atoms with Crippen molar-refractivity contribution in [1.29, 1.82) is 0 Å². The first-order valence-electron chi connectivity index (χ1n) is 7.84. The predicted octanol–water partition coefficient (Wildman–Crippen LogP) is 4.92. The van der Waals surface area contributed by atoms with Gasteiger partial charge in [0.25, 0.3) is 0 Å². The SMILES string of the molecule is C=C1COc2ccc(CCCCCCCC)cc2OC1. The third kappa shape index (κ3) is 4.59. The summed E-state index contributed by atoms with van der Waals surface area (Å²) in [5.74, 6) is 1.71. The minimum atomic E-state index is 0.559. The lowest BCUT2D eigenvalue weighted by Gasteiger charge is -2.09. The summed E-state index contributed by atoms with van der Waals surface area (Å²) >= 11 is 0.